The van der Waals surface area contributed by atoms with E-state index in [9.17, 15) is 4.79 Å². The molecule has 5 heteroatoms. The van der Waals surface area contributed by atoms with Crippen molar-refractivity contribution in [2.24, 2.45) is 0 Å². The summed E-state index contributed by atoms with van der Waals surface area (Å²) in [5, 5.41) is 14.9. The van der Waals surface area contributed by atoms with Gasteiger partial charge >= 0.3 is 5.97 Å². The first-order valence-corrected chi connectivity index (χ1v) is 6.21. The van der Waals surface area contributed by atoms with E-state index in [0.717, 1.165) is 28.1 Å². The number of nitrogens with one attached hydrogen (secondary N) is 2. The van der Waals surface area contributed by atoms with Gasteiger partial charge in [0.2, 0.25) is 0 Å². The van der Waals surface area contributed by atoms with E-state index in [1.54, 1.807) is 14.2 Å². The van der Waals surface area contributed by atoms with E-state index in [1.165, 1.54) is 0 Å². The lowest BCUT2D eigenvalue weighted by molar-refractivity contribution is -0.138. The van der Waals surface area contributed by atoms with E-state index < -0.39 is 12.0 Å². The quantitative estimate of drug-likeness (QED) is 0.731. The van der Waals surface area contributed by atoms with E-state index in [1.807, 2.05) is 26.8 Å². The van der Waals surface area contributed by atoms with E-state index in [4.69, 9.17) is 9.84 Å². The average molecular weight is 266 g/mol. The number of aryl methyl sites for hydroxylation is 1. The molecule has 0 aliphatic rings. The molecular weight excluding hydrogens is 244 g/mol. The minimum Gasteiger partial charge on any atom is -0.496 e. The van der Waals surface area contributed by atoms with Gasteiger partial charge in [0, 0.05) is 12.2 Å². The van der Waals surface area contributed by atoms with Crippen LogP contribution in [0.4, 0.5) is 5.69 Å². The minimum atomic E-state index is -0.866. The standard InChI is InChI=1S/C14H22N2O3/c1-8-6-11(9(2)10(3)13(8)19-5)16-7-12(15-4)14(17)18/h6,12,15-16H,7H2,1-5H3,(H,17,18). The number of carboxylic acids is 1. The number of aliphatic carboxylic acids is 1. The van der Waals surface area contributed by atoms with Crippen LogP contribution >= 0.6 is 0 Å². The van der Waals surface area contributed by atoms with Crippen molar-refractivity contribution in [3.05, 3.63) is 22.8 Å². The predicted molar refractivity (Wildman–Crippen MR) is 76.2 cm³/mol. The SMILES string of the molecule is CNC(CNc1cc(C)c(OC)c(C)c1C)C(=O)O. The number of hydrogen-bond acceptors (Lipinski definition) is 4. The van der Waals surface area contributed by atoms with Crippen molar-refractivity contribution in [2.75, 3.05) is 26.0 Å². The molecule has 0 aliphatic heterocycles. The molecule has 0 heterocycles. The van der Waals surface area contributed by atoms with Crippen molar-refractivity contribution >= 4 is 11.7 Å². The van der Waals surface area contributed by atoms with Gasteiger partial charge < -0.3 is 20.5 Å². The van der Waals surface area contributed by atoms with E-state index in [-0.39, 0.29) is 0 Å². The van der Waals surface area contributed by atoms with Gasteiger partial charge in [-0.05, 0) is 50.6 Å². The third kappa shape index (κ3) is 3.38. The molecule has 0 radical (unpaired) electrons. The monoisotopic (exact) mass is 266 g/mol. The summed E-state index contributed by atoms with van der Waals surface area (Å²) in [6, 6.07) is 1.37. The molecule has 3 N–H and O–H groups in total. The van der Waals surface area contributed by atoms with Crippen molar-refractivity contribution in [3.63, 3.8) is 0 Å². The molecule has 0 saturated heterocycles. The Morgan fingerprint density at radius 3 is 2.47 bits per heavy atom. The van der Waals surface area contributed by atoms with Gasteiger partial charge in [-0.15, -0.1) is 0 Å². The number of benzene rings is 1. The first kappa shape index (κ1) is 15.3. The van der Waals surface area contributed by atoms with Crippen LogP contribution in [0, 0.1) is 20.8 Å². The highest BCUT2D eigenvalue weighted by molar-refractivity contribution is 5.74. The molecule has 106 valence electrons. The zero-order chi connectivity index (χ0) is 14.6. The van der Waals surface area contributed by atoms with Crippen molar-refractivity contribution in [2.45, 2.75) is 26.8 Å². The number of likely N-dealkylation sites (N-methyl/N-ethyl adjacent to an activating group) is 1. The fourth-order valence-corrected chi connectivity index (χ4v) is 2.08. The summed E-state index contributed by atoms with van der Waals surface area (Å²) >= 11 is 0. The molecule has 5 nitrogen and oxygen atoms in total. The molecule has 0 bridgehead atoms. The number of ether oxygens (including phenoxy) is 1. The third-order valence-corrected chi connectivity index (χ3v) is 3.37. The van der Waals surface area contributed by atoms with Gasteiger partial charge in [-0.2, -0.15) is 0 Å². The van der Waals surface area contributed by atoms with Crippen LogP contribution in [0.25, 0.3) is 0 Å². The van der Waals surface area contributed by atoms with E-state index in [0.29, 0.717) is 6.54 Å². The van der Waals surface area contributed by atoms with Gasteiger partial charge in [0.15, 0.2) is 0 Å². The van der Waals surface area contributed by atoms with Gasteiger partial charge in [0.1, 0.15) is 11.8 Å². The first-order chi connectivity index (χ1) is 8.92. The molecule has 1 unspecified atom stereocenters. The number of methoxy groups -OCH3 is 1. The van der Waals surface area contributed by atoms with Crippen LogP contribution in [0.5, 0.6) is 5.75 Å². The molecule has 0 aromatic heterocycles. The van der Waals surface area contributed by atoms with Gasteiger partial charge in [0.05, 0.1) is 7.11 Å². The van der Waals surface area contributed by atoms with Gasteiger partial charge in [-0.3, -0.25) is 4.79 Å². The molecule has 0 aliphatic carbocycles. The largest absolute Gasteiger partial charge is 0.496 e. The zero-order valence-electron chi connectivity index (χ0n) is 12.1. The highest BCUT2D eigenvalue weighted by Crippen LogP contribution is 2.31. The second-order valence-corrected chi connectivity index (χ2v) is 4.58. The van der Waals surface area contributed by atoms with Crippen LogP contribution in [-0.4, -0.2) is 37.8 Å². The molecule has 0 amide bonds. The topological polar surface area (TPSA) is 70.6 Å². The Balaban J connectivity index is 2.94. The van der Waals surface area contributed by atoms with Crippen LogP contribution in [-0.2, 0) is 4.79 Å². The molecular formula is C14H22N2O3. The van der Waals surface area contributed by atoms with E-state index >= 15 is 0 Å². The molecule has 0 spiro atoms. The summed E-state index contributed by atoms with van der Waals surface area (Å²) in [6.45, 7) is 6.30. The maximum atomic E-state index is 10.9. The summed E-state index contributed by atoms with van der Waals surface area (Å²) < 4.78 is 5.36. The number of hydrogen-bond donors (Lipinski definition) is 3. The lowest BCUT2D eigenvalue weighted by atomic mass is 10.0. The Labute approximate surface area is 114 Å². The molecule has 1 rings (SSSR count). The number of carbonyl (C=O) groups is 1. The fraction of sp³-hybridized carbons (Fsp3) is 0.500. The predicted octanol–water partition coefficient (Wildman–Crippen LogP) is 1.70. The molecule has 0 saturated carbocycles. The zero-order valence-corrected chi connectivity index (χ0v) is 12.1. The van der Waals surface area contributed by atoms with Crippen LogP contribution in [0.3, 0.4) is 0 Å². The third-order valence-electron chi connectivity index (χ3n) is 3.37. The van der Waals surface area contributed by atoms with Crippen molar-refractivity contribution in [1.29, 1.82) is 0 Å². The minimum absolute atomic E-state index is 0.331. The average Bonchev–Trinajstić information content (AvgIpc) is 2.36. The summed E-state index contributed by atoms with van der Waals surface area (Å²) in [5.41, 5.74) is 4.12. The number of anilines is 1. The van der Waals surface area contributed by atoms with E-state index in [2.05, 4.69) is 10.6 Å². The molecule has 1 atom stereocenters. The van der Waals surface area contributed by atoms with Crippen molar-refractivity contribution < 1.29 is 14.6 Å². The number of carboxylic acid groups (broad SMARTS) is 1. The normalized spacial score (nSPS) is 12.1. The second-order valence-electron chi connectivity index (χ2n) is 4.58. The summed E-state index contributed by atoms with van der Waals surface area (Å²) in [6.07, 6.45) is 0. The first-order valence-electron chi connectivity index (χ1n) is 6.21. The Hall–Kier alpha value is -1.75. The Kier molecular flexibility index (Phi) is 5.18. The van der Waals surface area contributed by atoms with Crippen LogP contribution in [0.1, 0.15) is 16.7 Å². The van der Waals surface area contributed by atoms with Gasteiger partial charge in [-0.1, -0.05) is 0 Å². The highest BCUT2D eigenvalue weighted by Gasteiger charge is 2.16. The smallest absolute Gasteiger partial charge is 0.322 e. The summed E-state index contributed by atoms with van der Waals surface area (Å²) in [4.78, 5) is 10.9. The molecule has 1 aromatic rings. The Morgan fingerprint density at radius 2 is 2.00 bits per heavy atom. The summed E-state index contributed by atoms with van der Waals surface area (Å²) in [7, 11) is 3.29. The second kappa shape index (κ2) is 6.43. The van der Waals surface area contributed by atoms with Crippen molar-refractivity contribution in [1.82, 2.24) is 5.32 Å². The van der Waals surface area contributed by atoms with Crippen LogP contribution < -0.4 is 15.4 Å². The van der Waals surface area contributed by atoms with Crippen LogP contribution in [0.15, 0.2) is 6.07 Å². The maximum absolute atomic E-state index is 10.9. The highest BCUT2D eigenvalue weighted by atomic mass is 16.5. The van der Waals surface area contributed by atoms with Crippen molar-refractivity contribution in [3.8, 4) is 5.75 Å². The van der Waals surface area contributed by atoms with Crippen LogP contribution in [0.2, 0.25) is 0 Å². The van der Waals surface area contributed by atoms with Gasteiger partial charge in [-0.25, -0.2) is 0 Å². The lowest BCUT2D eigenvalue weighted by Crippen LogP contribution is -2.39. The molecule has 1 aromatic carbocycles. The Bertz CT molecular complexity index is 472. The number of rotatable bonds is 6. The molecule has 0 fully saturated rings. The summed E-state index contributed by atoms with van der Waals surface area (Å²) in [5.74, 6) is 0.0149. The Morgan fingerprint density at radius 1 is 1.37 bits per heavy atom. The lowest BCUT2D eigenvalue weighted by Gasteiger charge is -2.19. The molecule has 19 heavy (non-hydrogen) atoms. The maximum Gasteiger partial charge on any atom is 0.322 e. The fourth-order valence-electron chi connectivity index (χ4n) is 2.08. The van der Waals surface area contributed by atoms with Gasteiger partial charge in [0.25, 0.3) is 0 Å².